The van der Waals surface area contributed by atoms with Crippen LogP contribution in [0.4, 0.5) is 0 Å². The molecule has 0 spiro atoms. The smallest absolute Gasteiger partial charge is 0.423 e. The van der Waals surface area contributed by atoms with Crippen LogP contribution in [0.15, 0.2) is 10.2 Å². The molecule has 0 aromatic carbocycles. The molecule has 0 saturated heterocycles. The van der Waals surface area contributed by atoms with E-state index in [1.807, 2.05) is 12.1 Å². The molecule has 0 rings (SSSR count). The van der Waals surface area contributed by atoms with E-state index < -0.39 is 46.3 Å². The minimum atomic E-state index is -4.61. The summed E-state index contributed by atoms with van der Waals surface area (Å²) >= 11 is 0. The normalized spacial score (nSPS) is 15.5. The topological polar surface area (TPSA) is 231 Å². The second-order valence-corrected chi connectivity index (χ2v) is 5.98. The van der Waals surface area contributed by atoms with Gasteiger partial charge >= 0.3 is 22.3 Å². The maximum absolute atomic E-state index is 10.9. The van der Waals surface area contributed by atoms with Crippen LogP contribution in [0.1, 0.15) is 26.7 Å². The summed E-state index contributed by atoms with van der Waals surface area (Å²) in [5, 5.41) is 49.2. The number of azo groups is 1. The third kappa shape index (κ3) is 13.8. The summed E-state index contributed by atoms with van der Waals surface area (Å²) in [6.07, 6.45) is -0.0923. The number of aliphatic carboxylic acids is 2. The molecule has 0 radical (unpaired) electrons. The van der Waals surface area contributed by atoms with Crippen molar-refractivity contribution in [3.05, 3.63) is 0 Å². The van der Waals surface area contributed by atoms with Gasteiger partial charge in [0.1, 0.15) is 0 Å². The van der Waals surface area contributed by atoms with Crippen molar-refractivity contribution in [3.8, 4) is 12.1 Å². The van der Waals surface area contributed by atoms with Gasteiger partial charge in [0.2, 0.25) is 0 Å². The van der Waals surface area contributed by atoms with Gasteiger partial charge in [-0.3, -0.25) is 4.55 Å². The number of nitrogens with zero attached hydrogens (tertiary/aromatic N) is 4. The molecular weight excluding hydrogens is 376 g/mol. The van der Waals surface area contributed by atoms with Crippen LogP contribution in [0.5, 0.6) is 0 Å². The SMILES string of the molecule is CC(C#N)CC(/N=N/C(CC(C)C#N)C(=O)O)C(=O)O.O=S(=O)(O)OO. The zero-order valence-electron chi connectivity index (χ0n) is 13.8. The van der Waals surface area contributed by atoms with Crippen LogP contribution in [0, 0.1) is 34.5 Å². The van der Waals surface area contributed by atoms with Crippen LogP contribution in [-0.2, 0) is 24.3 Å². The Labute approximate surface area is 149 Å². The first-order valence-corrected chi connectivity index (χ1v) is 8.19. The maximum atomic E-state index is 10.9. The fourth-order valence-corrected chi connectivity index (χ4v) is 1.33. The number of carboxylic acids is 2. The van der Waals surface area contributed by atoms with Gasteiger partial charge < -0.3 is 10.2 Å². The standard InChI is InChI=1S/C12H16N4O4.H2O5S/c1-7(5-13)3-9(11(17)18)15-16-10(12(19)20)4-8(2)6-14;1-5-6(2,3)4/h7-10H,3-4H2,1-2H3,(H,17,18)(H,19,20);1H,(H,2,3,4)/b16-15+;. The molecule has 0 aromatic rings. The number of rotatable bonds is 9. The lowest BCUT2D eigenvalue weighted by atomic mass is 10.0. The molecule has 0 bridgehead atoms. The summed E-state index contributed by atoms with van der Waals surface area (Å²) in [5.41, 5.74) is 0. The summed E-state index contributed by atoms with van der Waals surface area (Å²) in [6.45, 7) is 3.08. The third-order valence-corrected chi connectivity index (χ3v) is 2.79. The number of hydrogen-bond donors (Lipinski definition) is 4. The average Bonchev–Trinajstić information content (AvgIpc) is 2.55. The Hall–Kier alpha value is -2.65. The average molecular weight is 394 g/mol. The first-order chi connectivity index (χ1) is 11.9. The van der Waals surface area contributed by atoms with Crippen molar-refractivity contribution >= 4 is 22.3 Å². The second kappa shape index (κ2) is 12.7. The molecule has 26 heavy (non-hydrogen) atoms. The number of carbonyl (C=O) groups is 2. The van der Waals surface area contributed by atoms with Crippen LogP contribution in [0.25, 0.3) is 0 Å². The van der Waals surface area contributed by atoms with Gasteiger partial charge in [0.05, 0.1) is 12.1 Å². The van der Waals surface area contributed by atoms with Crippen LogP contribution in [0.3, 0.4) is 0 Å². The Morgan fingerprint density at radius 3 is 1.42 bits per heavy atom. The van der Waals surface area contributed by atoms with E-state index in [0.29, 0.717) is 0 Å². The molecule has 4 N–H and O–H groups in total. The molecule has 14 heteroatoms. The molecule has 0 saturated carbocycles. The predicted molar refractivity (Wildman–Crippen MR) is 81.8 cm³/mol. The van der Waals surface area contributed by atoms with Gasteiger partial charge in [-0.25, -0.2) is 14.8 Å². The first-order valence-electron chi connectivity index (χ1n) is 6.83. The highest BCUT2D eigenvalue weighted by atomic mass is 32.3. The zero-order valence-corrected chi connectivity index (χ0v) is 14.6. The third-order valence-electron chi connectivity index (χ3n) is 2.60. The van der Waals surface area contributed by atoms with Gasteiger partial charge in [-0.05, 0) is 26.7 Å². The molecule has 0 fully saturated rings. The molecule has 146 valence electrons. The van der Waals surface area contributed by atoms with Crippen LogP contribution in [-0.4, -0.2) is 52.5 Å². The van der Waals surface area contributed by atoms with E-state index in [4.69, 9.17) is 39.0 Å². The molecule has 0 aliphatic heterocycles. The highest BCUT2D eigenvalue weighted by molar-refractivity contribution is 7.80. The van der Waals surface area contributed by atoms with Crippen LogP contribution in [0.2, 0.25) is 0 Å². The van der Waals surface area contributed by atoms with Crippen molar-refractivity contribution in [1.82, 2.24) is 0 Å². The van der Waals surface area contributed by atoms with Crippen LogP contribution < -0.4 is 0 Å². The predicted octanol–water partition coefficient (Wildman–Crippen LogP) is 0.723. The summed E-state index contributed by atoms with van der Waals surface area (Å²) < 4.78 is 28.0. The molecule has 4 atom stereocenters. The molecule has 0 aliphatic carbocycles. The molecule has 0 aromatic heterocycles. The van der Waals surface area contributed by atoms with Gasteiger partial charge in [-0.15, -0.1) is 0 Å². The van der Waals surface area contributed by atoms with E-state index in [1.165, 1.54) is 13.8 Å². The lowest BCUT2D eigenvalue weighted by molar-refractivity contribution is -0.140. The first kappa shape index (κ1) is 25.6. The zero-order chi connectivity index (χ0) is 20.9. The molecule has 0 amide bonds. The van der Waals surface area contributed by atoms with E-state index in [9.17, 15) is 9.59 Å². The van der Waals surface area contributed by atoms with Gasteiger partial charge in [-0.2, -0.15) is 29.2 Å². The van der Waals surface area contributed by atoms with Crippen molar-refractivity contribution in [2.24, 2.45) is 22.1 Å². The molecule has 0 heterocycles. The van der Waals surface area contributed by atoms with Gasteiger partial charge in [0.25, 0.3) is 0 Å². The fraction of sp³-hybridized carbons (Fsp3) is 0.667. The van der Waals surface area contributed by atoms with Gasteiger partial charge in [0, 0.05) is 11.8 Å². The highest BCUT2D eigenvalue weighted by Crippen LogP contribution is 2.13. The Bertz CT molecular complexity index is 638. The van der Waals surface area contributed by atoms with Crippen molar-refractivity contribution in [3.63, 3.8) is 0 Å². The van der Waals surface area contributed by atoms with Gasteiger partial charge in [-0.1, -0.05) is 4.33 Å². The van der Waals surface area contributed by atoms with Crippen LogP contribution >= 0.6 is 0 Å². The molecule has 4 unspecified atom stereocenters. The van der Waals surface area contributed by atoms with E-state index in [2.05, 4.69) is 14.6 Å². The summed E-state index contributed by atoms with van der Waals surface area (Å²) in [7, 11) is -4.61. The lowest BCUT2D eigenvalue weighted by Crippen LogP contribution is -2.23. The maximum Gasteiger partial charge on any atom is 0.423 e. The fourth-order valence-electron chi connectivity index (χ4n) is 1.33. The highest BCUT2D eigenvalue weighted by Gasteiger charge is 2.23. The van der Waals surface area contributed by atoms with E-state index >= 15 is 0 Å². The van der Waals surface area contributed by atoms with Gasteiger partial charge in [0.15, 0.2) is 12.1 Å². The largest absolute Gasteiger partial charge is 0.480 e. The molecule has 0 aliphatic rings. The Morgan fingerprint density at radius 1 is 1.00 bits per heavy atom. The minimum Gasteiger partial charge on any atom is -0.480 e. The van der Waals surface area contributed by atoms with Crippen molar-refractivity contribution in [1.29, 1.82) is 10.5 Å². The molecular formula is C12H18N4O9S. The summed E-state index contributed by atoms with van der Waals surface area (Å²) in [4.78, 5) is 21.9. The minimum absolute atomic E-state index is 0.0462. The Balaban J connectivity index is 0. The number of nitriles is 2. The second-order valence-electron chi connectivity index (χ2n) is 4.97. The molecule has 13 nitrogen and oxygen atoms in total. The van der Waals surface area contributed by atoms with E-state index in [1.54, 1.807) is 0 Å². The summed E-state index contributed by atoms with van der Waals surface area (Å²) in [6, 6.07) is 1.23. The van der Waals surface area contributed by atoms with Crippen molar-refractivity contribution in [2.45, 2.75) is 38.8 Å². The van der Waals surface area contributed by atoms with E-state index in [0.717, 1.165) is 0 Å². The number of carboxylic acid groups (broad SMARTS) is 2. The van der Waals surface area contributed by atoms with E-state index in [-0.39, 0.29) is 12.8 Å². The number of hydrogen-bond acceptors (Lipinski definition) is 10. The Kier molecular flexibility index (Phi) is 12.5. The van der Waals surface area contributed by atoms with Crippen molar-refractivity contribution < 1.29 is 42.4 Å². The summed E-state index contributed by atoms with van der Waals surface area (Å²) in [5.74, 6) is -3.60. The Morgan fingerprint density at radius 2 is 1.27 bits per heavy atom. The monoisotopic (exact) mass is 394 g/mol. The lowest BCUT2D eigenvalue weighted by Gasteiger charge is -2.10. The van der Waals surface area contributed by atoms with Crippen molar-refractivity contribution in [2.75, 3.05) is 0 Å². The quantitative estimate of drug-likeness (QED) is 0.184.